The van der Waals surface area contributed by atoms with Crippen molar-refractivity contribution in [3.05, 3.63) is 59.7 Å². The summed E-state index contributed by atoms with van der Waals surface area (Å²) in [6, 6.07) is 15.5. The lowest BCUT2D eigenvalue weighted by Crippen LogP contribution is -2.17. The third kappa shape index (κ3) is 3.77. The Labute approximate surface area is 136 Å². The van der Waals surface area contributed by atoms with E-state index >= 15 is 0 Å². The molecule has 1 fully saturated rings. The second-order valence-corrected chi connectivity index (χ2v) is 5.58. The number of benzene rings is 2. The second kappa shape index (κ2) is 7.09. The predicted octanol–water partition coefficient (Wildman–Crippen LogP) is 3.82. The van der Waals surface area contributed by atoms with E-state index in [0.29, 0.717) is 5.56 Å². The maximum absolute atomic E-state index is 11.4. The first-order valence-electron chi connectivity index (χ1n) is 7.84. The number of methoxy groups -OCH3 is 1. The quantitative estimate of drug-likeness (QED) is 0.637. The first kappa shape index (κ1) is 15.3. The highest BCUT2D eigenvalue weighted by atomic mass is 16.5. The summed E-state index contributed by atoms with van der Waals surface area (Å²) in [5.41, 5.74) is 3.68. The van der Waals surface area contributed by atoms with E-state index in [4.69, 9.17) is 0 Å². The Morgan fingerprint density at radius 1 is 1.04 bits per heavy atom. The Morgan fingerprint density at radius 3 is 2.30 bits per heavy atom. The van der Waals surface area contributed by atoms with Gasteiger partial charge in [-0.25, -0.2) is 4.79 Å². The van der Waals surface area contributed by atoms with Crippen LogP contribution in [0.4, 0.5) is 11.4 Å². The van der Waals surface area contributed by atoms with Crippen molar-refractivity contribution in [2.45, 2.75) is 12.8 Å². The summed E-state index contributed by atoms with van der Waals surface area (Å²) < 4.78 is 4.68. The van der Waals surface area contributed by atoms with E-state index in [9.17, 15) is 4.79 Å². The maximum Gasteiger partial charge on any atom is 0.337 e. The van der Waals surface area contributed by atoms with E-state index in [1.54, 1.807) is 24.3 Å². The number of ether oxygens (including phenoxy) is 1. The first-order chi connectivity index (χ1) is 11.3. The van der Waals surface area contributed by atoms with Crippen LogP contribution in [-0.4, -0.2) is 32.4 Å². The Hall–Kier alpha value is -2.62. The molecular weight excluding hydrogens is 288 g/mol. The lowest BCUT2D eigenvalue weighted by Gasteiger charge is -2.17. The van der Waals surface area contributed by atoms with Crippen molar-refractivity contribution < 1.29 is 9.53 Å². The van der Waals surface area contributed by atoms with Gasteiger partial charge in [-0.3, -0.25) is 4.99 Å². The van der Waals surface area contributed by atoms with Gasteiger partial charge >= 0.3 is 5.97 Å². The fraction of sp³-hybridized carbons (Fsp3) is 0.263. The minimum Gasteiger partial charge on any atom is -0.465 e. The molecule has 1 heterocycles. The summed E-state index contributed by atoms with van der Waals surface area (Å²) >= 11 is 0. The molecule has 2 aromatic rings. The maximum atomic E-state index is 11.4. The van der Waals surface area contributed by atoms with E-state index in [1.165, 1.54) is 25.6 Å². The fourth-order valence-corrected chi connectivity index (χ4v) is 2.70. The molecule has 3 rings (SSSR count). The van der Waals surface area contributed by atoms with E-state index in [-0.39, 0.29) is 5.97 Å². The molecule has 0 spiro atoms. The molecule has 0 atom stereocenters. The number of aliphatic imine (C=N–C) groups is 1. The van der Waals surface area contributed by atoms with Crippen LogP contribution in [0.3, 0.4) is 0 Å². The number of esters is 1. The second-order valence-electron chi connectivity index (χ2n) is 5.58. The highest BCUT2D eigenvalue weighted by Gasteiger charge is 2.11. The molecule has 1 aliphatic rings. The van der Waals surface area contributed by atoms with Gasteiger partial charge in [-0.05, 0) is 54.8 Å². The van der Waals surface area contributed by atoms with Gasteiger partial charge in [0.25, 0.3) is 0 Å². The molecule has 0 aromatic heterocycles. The van der Waals surface area contributed by atoms with Crippen molar-refractivity contribution in [2.75, 3.05) is 25.1 Å². The summed E-state index contributed by atoms with van der Waals surface area (Å²) in [5.74, 6) is -0.335. The fourth-order valence-electron chi connectivity index (χ4n) is 2.70. The lowest BCUT2D eigenvalue weighted by atomic mass is 10.2. The number of anilines is 1. The molecule has 0 bridgehead atoms. The van der Waals surface area contributed by atoms with Gasteiger partial charge in [0.1, 0.15) is 0 Å². The van der Waals surface area contributed by atoms with Gasteiger partial charge in [0.05, 0.1) is 18.4 Å². The molecule has 4 nitrogen and oxygen atoms in total. The van der Waals surface area contributed by atoms with Crippen LogP contribution in [0.5, 0.6) is 0 Å². The largest absolute Gasteiger partial charge is 0.465 e. The summed E-state index contributed by atoms with van der Waals surface area (Å²) in [4.78, 5) is 18.2. The van der Waals surface area contributed by atoms with Crippen LogP contribution >= 0.6 is 0 Å². The van der Waals surface area contributed by atoms with Crippen LogP contribution < -0.4 is 4.90 Å². The molecule has 4 heteroatoms. The monoisotopic (exact) mass is 308 g/mol. The van der Waals surface area contributed by atoms with Gasteiger partial charge < -0.3 is 9.64 Å². The molecule has 0 aliphatic carbocycles. The molecule has 1 aliphatic heterocycles. The van der Waals surface area contributed by atoms with Crippen molar-refractivity contribution in [3.63, 3.8) is 0 Å². The van der Waals surface area contributed by atoms with Crippen LogP contribution in [0.1, 0.15) is 28.8 Å². The lowest BCUT2D eigenvalue weighted by molar-refractivity contribution is 0.0601. The van der Waals surface area contributed by atoms with E-state index in [0.717, 1.165) is 24.3 Å². The van der Waals surface area contributed by atoms with Crippen LogP contribution in [0, 0.1) is 0 Å². The van der Waals surface area contributed by atoms with Gasteiger partial charge in [-0.15, -0.1) is 0 Å². The van der Waals surface area contributed by atoms with E-state index in [2.05, 4.69) is 38.9 Å². The molecule has 2 aromatic carbocycles. The zero-order chi connectivity index (χ0) is 16.1. The average molecular weight is 308 g/mol. The molecule has 0 amide bonds. The zero-order valence-corrected chi connectivity index (χ0v) is 13.2. The molecule has 0 radical (unpaired) electrons. The molecule has 0 N–H and O–H groups in total. The summed E-state index contributed by atoms with van der Waals surface area (Å²) in [6.07, 6.45) is 4.40. The van der Waals surface area contributed by atoms with Gasteiger partial charge in [0.15, 0.2) is 0 Å². The summed E-state index contributed by atoms with van der Waals surface area (Å²) in [6.45, 7) is 2.31. The molecule has 23 heavy (non-hydrogen) atoms. The third-order valence-corrected chi connectivity index (χ3v) is 4.02. The molecule has 118 valence electrons. The minimum atomic E-state index is -0.335. The van der Waals surface area contributed by atoms with E-state index < -0.39 is 0 Å². The van der Waals surface area contributed by atoms with Crippen molar-refractivity contribution >= 4 is 23.6 Å². The Kier molecular flexibility index (Phi) is 4.71. The Morgan fingerprint density at radius 2 is 1.70 bits per heavy atom. The standard InChI is InChI=1S/C19H20N2O2/c1-23-19(22)16-6-8-17(9-7-16)20-14-15-4-10-18(11-5-15)21-12-2-3-13-21/h4-11,14H,2-3,12-13H2,1H3. The van der Waals surface area contributed by atoms with Crippen LogP contribution in [0.25, 0.3) is 0 Å². The number of hydrogen-bond acceptors (Lipinski definition) is 4. The zero-order valence-electron chi connectivity index (χ0n) is 13.2. The topological polar surface area (TPSA) is 41.9 Å². The van der Waals surface area contributed by atoms with E-state index in [1.807, 2.05) is 6.21 Å². The smallest absolute Gasteiger partial charge is 0.337 e. The Bertz CT molecular complexity index is 684. The number of rotatable bonds is 4. The molecule has 1 saturated heterocycles. The Balaban J connectivity index is 1.66. The number of carbonyl (C=O) groups is 1. The third-order valence-electron chi connectivity index (χ3n) is 4.02. The predicted molar refractivity (Wildman–Crippen MR) is 92.9 cm³/mol. The van der Waals surface area contributed by atoms with Crippen molar-refractivity contribution in [1.82, 2.24) is 0 Å². The van der Waals surface area contributed by atoms with Gasteiger partial charge in [0.2, 0.25) is 0 Å². The van der Waals surface area contributed by atoms with Crippen molar-refractivity contribution in [2.24, 2.45) is 4.99 Å². The van der Waals surface area contributed by atoms with Crippen molar-refractivity contribution in [3.8, 4) is 0 Å². The van der Waals surface area contributed by atoms with Gasteiger partial charge in [0, 0.05) is 25.0 Å². The summed E-state index contributed by atoms with van der Waals surface area (Å²) in [5, 5.41) is 0. The molecule has 0 unspecified atom stereocenters. The van der Waals surface area contributed by atoms with Crippen LogP contribution in [0.2, 0.25) is 0 Å². The average Bonchev–Trinajstić information content (AvgIpc) is 3.15. The van der Waals surface area contributed by atoms with Gasteiger partial charge in [-0.1, -0.05) is 12.1 Å². The number of carbonyl (C=O) groups excluding carboxylic acids is 1. The molecule has 0 saturated carbocycles. The highest BCUT2D eigenvalue weighted by Crippen LogP contribution is 2.20. The number of nitrogens with zero attached hydrogens (tertiary/aromatic N) is 2. The molecular formula is C19H20N2O2. The highest BCUT2D eigenvalue weighted by molar-refractivity contribution is 5.90. The first-order valence-corrected chi connectivity index (χ1v) is 7.84. The van der Waals surface area contributed by atoms with Crippen LogP contribution in [0.15, 0.2) is 53.5 Å². The van der Waals surface area contributed by atoms with Gasteiger partial charge in [-0.2, -0.15) is 0 Å². The number of hydrogen-bond donors (Lipinski definition) is 0. The van der Waals surface area contributed by atoms with Crippen molar-refractivity contribution in [1.29, 1.82) is 0 Å². The minimum absolute atomic E-state index is 0.335. The normalized spacial score (nSPS) is 14.4. The van der Waals surface area contributed by atoms with Crippen LogP contribution in [-0.2, 0) is 4.74 Å². The summed E-state index contributed by atoms with van der Waals surface area (Å²) in [7, 11) is 1.38. The SMILES string of the molecule is COC(=O)c1ccc(N=Cc2ccc(N3CCCC3)cc2)cc1.